The molecule has 274 valence electrons. The van der Waals surface area contributed by atoms with Gasteiger partial charge in [0.2, 0.25) is 0 Å². The zero-order valence-corrected chi connectivity index (χ0v) is 31.6. The summed E-state index contributed by atoms with van der Waals surface area (Å²) in [5, 5.41) is 23.8. The van der Waals surface area contributed by atoms with E-state index in [1.54, 1.807) is 6.92 Å². The second kappa shape index (κ2) is 14.5. The number of nitrogens with zero attached hydrogens (tertiary/aromatic N) is 7. The lowest BCUT2D eigenvalue weighted by molar-refractivity contribution is 0.253. The van der Waals surface area contributed by atoms with Crippen molar-refractivity contribution in [2.45, 2.75) is 57.7 Å². The average molecular weight is 732 g/mol. The van der Waals surface area contributed by atoms with Gasteiger partial charge in [0.05, 0.1) is 6.04 Å². The molecule has 56 heavy (non-hydrogen) atoms. The summed E-state index contributed by atoms with van der Waals surface area (Å²) in [5.41, 5.74) is 11.4. The van der Waals surface area contributed by atoms with Gasteiger partial charge in [-0.1, -0.05) is 146 Å². The molecular weight excluding hydrogens is 691 g/mol. The first-order valence-electron chi connectivity index (χ1n) is 19.2. The van der Waals surface area contributed by atoms with Crippen LogP contribution in [-0.2, 0) is 18.4 Å². The van der Waals surface area contributed by atoms with E-state index in [9.17, 15) is 5.11 Å². The number of rotatable bonds is 8. The van der Waals surface area contributed by atoms with Crippen LogP contribution in [0.25, 0.3) is 33.7 Å². The molecule has 0 saturated heterocycles. The topological polar surface area (TPSA) is 94.5 Å². The first-order chi connectivity index (χ1) is 27.5. The van der Waals surface area contributed by atoms with Crippen molar-refractivity contribution in [3.05, 3.63) is 184 Å². The highest BCUT2D eigenvalue weighted by atomic mass is 16.3. The summed E-state index contributed by atoms with van der Waals surface area (Å²) in [6.07, 6.45) is 1.93. The van der Waals surface area contributed by atoms with Gasteiger partial charge in [-0.3, -0.25) is 0 Å². The molecule has 0 radical (unpaired) electrons. The molecule has 8 aromatic rings. The lowest BCUT2D eigenvalue weighted by Crippen LogP contribution is -2.39. The Morgan fingerprint density at radius 3 is 2.04 bits per heavy atom. The third kappa shape index (κ3) is 5.88. The molecule has 9 rings (SSSR count). The van der Waals surface area contributed by atoms with Crippen LogP contribution in [-0.4, -0.2) is 46.0 Å². The average Bonchev–Trinajstić information content (AvgIpc) is 3.99. The molecule has 0 spiro atoms. The second-order valence-electron chi connectivity index (χ2n) is 14.4. The fourth-order valence-electron chi connectivity index (χ4n) is 8.53. The summed E-state index contributed by atoms with van der Waals surface area (Å²) in [4.78, 5) is 10.1. The van der Waals surface area contributed by atoms with Crippen molar-refractivity contribution in [2.24, 2.45) is 0 Å². The molecule has 8 nitrogen and oxygen atoms in total. The van der Waals surface area contributed by atoms with Gasteiger partial charge < -0.3 is 9.67 Å². The van der Waals surface area contributed by atoms with Crippen molar-refractivity contribution in [2.75, 3.05) is 0 Å². The van der Waals surface area contributed by atoms with Gasteiger partial charge in [-0.05, 0) is 93.6 Å². The van der Waals surface area contributed by atoms with E-state index in [0.717, 1.165) is 75.2 Å². The lowest BCUT2D eigenvalue weighted by atomic mass is 9.77. The molecule has 1 N–H and O–H groups in total. The maximum Gasteiger partial charge on any atom is 0.184 e. The molecule has 1 aliphatic carbocycles. The molecule has 1 aliphatic rings. The van der Waals surface area contributed by atoms with Crippen LogP contribution >= 0.6 is 0 Å². The number of hydrogen-bond acceptors (Lipinski definition) is 6. The van der Waals surface area contributed by atoms with Crippen molar-refractivity contribution in [3.63, 3.8) is 0 Å². The van der Waals surface area contributed by atoms with Gasteiger partial charge in [-0.2, -0.15) is 0 Å². The highest BCUT2D eigenvalue weighted by Crippen LogP contribution is 2.45. The van der Waals surface area contributed by atoms with Gasteiger partial charge in [0.15, 0.2) is 11.5 Å². The van der Waals surface area contributed by atoms with E-state index in [-0.39, 0.29) is 6.04 Å². The third-order valence-electron chi connectivity index (χ3n) is 11.0. The van der Waals surface area contributed by atoms with Crippen LogP contribution in [0.4, 0.5) is 0 Å². The first-order valence-corrected chi connectivity index (χ1v) is 19.2. The van der Waals surface area contributed by atoms with Gasteiger partial charge in [0.25, 0.3) is 0 Å². The van der Waals surface area contributed by atoms with Gasteiger partial charge in [0.1, 0.15) is 28.7 Å². The molecule has 0 saturated carbocycles. The van der Waals surface area contributed by atoms with Crippen molar-refractivity contribution in [3.8, 4) is 34.4 Å². The molecule has 5 aromatic carbocycles. The largest absolute Gasteiger partial charge is 0.381 e. The van der Waals surface area contributed by atoms with E-state index in [1.807, 2.05) is 28.9 Å². The predicted octanol–water partition coefficient (Wildman–Crippen LogP) is 8.73. The number of pyridine rings is 1. The minimum atomic E-state index is -0.861. The summed E-state index contributed by atoms with van der Waals surface area (Å²) >= 11 is 0. The Hall–Kier alpha value is -6.69. The summed E-state index contributed by atoms with van der Waals surface area (Å²) in [7, 11) is 0. The monoisotopic (exact) mass is 731 g/mol. The SMILES string of the molecule is CCc1nc2c(C)cc(C#C[C@@H](C)O)nc2n1[C@H]1CCc2cc(-c3ccccc3-c3nnnn3C(c3ccccc3)(c3ccccc3)c3ccccc3)ccc21. The fourth-order valence-corrected chi connectivity index (χ4v) is 8.53. The Kier molecular flexibility index (Phi) is 9.08. The lowest BCUT2D eigenvalue weighted by Gasteiger charge is -2.36. The Bertz CT molecular complexity index is 2650. The van der Waals surface area contributed by atoms with Crippen LogP contribution in [0.15, 0.2) is 140 Å². The number of fused-ring (bicyclic) bond motifs is 2. The van der Waals surface area contributed by atoms with Crippen LogP contribution in [0.2, 0.25) is 0 Å². The number of tetrazole rings is 1. The number of aryl methyl sites for hydroxylation is 3. The molecule has 0 bridgehead atoms. The Labute approximate surface area is 326 Å². The normalized spacial score (nSPS) is 14.3. The number of benzene rings is 5. The minimum absolute atomic E-state index is 0.0941. The van der Waals surface area contributed by atoms with Crippen LogP contribution in [0, 0.1) is 18.8 Å². The molecular formula is C48H41N7O. The maximum absolute atomic E-state index is 9.81. The summed E-state index contributed by atoms with van der Waals surface area (Å²) in [6.45, 7) is 5.86. The van der Waals surface area contributed by atoms with Crippen molar-refractivity contribution < 1.29 is 5.11 Å². The highest BCUT2D eigenvalue weighted by Gasteiger charge is 2.42. The zero-order chi connectivity index (χ0) is 38.2. The van der Waals surface area contributed by atoms with Gasteiger partial charge in [-0.15, -0.1) is 5.10 Å². The van der Waals surface area contributed by atoms with Crippen LogP contribution in [0.5, 0.6) is 0 Å². The van der Waals surface area contributed by atoms with E-state index in [0.29, 0.717) is 11.5 Å². The number of imidazole rings is 1. The van der Waals surface area contributed by atoms with E-state index in [2.05, 4.69) is 151 Å². The molecule has 0 fully saturated rings. The maximum atomic E-state index is 9.81. The standard InChI is InChI=1S/C48H41N7O/c1-4-44-50-45-32(2)30-39(27-24-33(3)56)49-47(45)54(44)43-29-26-35-31-34(25-28-41(35)43)40-22-14-15-23-42(40)46-51-52-53-55(46)48(36-16-8-5-9-17-36,37-18-10-6-11-19-37)38-20-12-7-13-21-38/h5-23,25,28,30-31,33,43,56H,4,26,29H2,1-3H3/t33-,43+/m1/s1. The Balaban J connectivity index is 1.17. The van der Waals surface area contributed by atoms with E-state index in [4.69, 9.17) is 20.3 Å². The van der Waals surface area contributed by atoms with Gasteiger partial charge in [-0.25, -0.2) is 14.6 Å². The van der Waals surface area contributed by atoms with E-state index >= 15 is 0 Å². The number of aliphatic hydroxyl groups is 1. The summed E-state index contributed by atoms with van der Waals surface area (Å²) in [5.74, 6) is 7.59. The molecule has 3 heterocycles. The minimum Gasteiger partial charge on any atom is -0.381 e. The van der Waals surface area contributed by atoms with Gasteiger partial charge in [0, 0.05) is 12.0 Å². The highest BCUT2D eigenvalue weighted by molar-refractivity contribution is 5.82. The zero-order valence-electron chi connectivity index (χ0n) is 31.6. The third-order valence-corrected chi connectivity index (χ3v) is 11.0. The van der Waals surface area contributed by atoms with Crippen LogP contribution < -0.4 is 0 Å². The second-order valence-corrected chi connectivity index (χ2v) is 14.4. The molecule has 3 aromatic heterocycles. The summed E-state index contributed by atoms with van der Waals surface area (Å²) < 4.78 is 4.32. The van der Waals surface area contributed by atoms with E-state index < -0.39 is 11.6 Å². The Morgan fingerprint density at radius 1 is 0.786 bits per heavy atom. The smallest absolute Gasteiger partial charge is 0.184 e. The van der Waals surface area contributed by atoms with Crippen LogP contribution in [0.3, 0.4) is 0 Å². The predicted molar refractivity (Wildman–Crippen MR) is 220 cm³/mol. The molecule has 2 atom stereocenters. The van der Waals surface area contributed by atoms with Crippen molar-refractivity contribution in [1.29, 1.82) is 0 Å². The fraction of sp³-hybridized carbons (Fsp3) is 0.188. The number of hydrogen-bond donors (Lipinski definition) is 1. The molecule has 0 unspecified atom stereocenters. The van der Waals surface area contributed by atoms with Crippen molar-refractivity contribution >= 4 is 11.2 Å². The number of aromatic nitrogens is 7. The Morgan fingerprint density at radius 2 is 1.41 bits per heavy atom. The number of aliphatic hydroxyl groups excluding tert-OH is 1. The molecule has 0 amide bonds. The van der Waals surface area contributed by atoms with Gasteiger partial charge >= 0.3 is 0 Å². The molecule has 0 aliphatic heterocycles. The van der Waals surface area contributed by atoms with Crippen LogP contribution in [0.1, 0.15) is 71.2 Å². The van der Waals surface area contributed by atoms with Crippen molar-refractivity contribution in [1.82, 2.24) is 34.7 Å². The quantitative estimate of drug-likeness (QED) is 0.124. The van der Waals surface area contributed by atoms with E-state index in [1.165, 1.54) is 11.1 Å². The first kappa shape index (κ1) is 35.0. The summed E-state index contributed by atoms with van der Waals surface area (Å²) in [6, 6.07) is 48.8. The molecule has 8 heteroatoms.